The first-order chi connectivity index (χ1) is 16.8. The third-order valence-electron chi connectivity index (χ3n) is 6.54. The predicted octanol–water partition coefficient (Wildman–Crippen LogP) is 3.49. The fourth-order valence-electron chi connectivity index (χ4n) is 4.21. The minimum atomic E-state index is -3.26. The minimum Gasteiger partial charge on any atom is -0.497 e. The molecular formula is C26H34FN3O5S. The molecule has 0 bridgehead atoms. The average Bonchev–Trinajstić information content (AvgIpc) is 2.82. The summed E-state index contributed by atoms with van der Waals surface area (Å²) in [4.78, 5) is 28.1. The van der Waals surface area contributed by atoms with Crippen molar-refractivity contribution in [2.45, 2.75) is 50.1 Å². The lowest BCUT2D eigenvalue weighted by atomic mass is 9.88. The van der Waals surface area contributed by atoms with Gasteiger partial charge in [0.05, 0.1) is 17.6 Å². The zero-order valence-electron chi connectivity index (χ0n) is 21.3. The number of nitrogens with zero attached hydrogens (tertiary/aromatic N) is 1. The van der Waals surface area contributed by atoms with E-state index >= 15 is 0 Å². The maximum Gasteiger partial charge on any atom is 0.255 e. The largest absolute Gasteiger partial charge is 0.497 e. The van der Waals surface area contributed by atoms with Gasteiger partial charge in [0.2, 0.25) is 5.91 Å². The number of anilines is 1. The first-order valence-corrected chi connectivity index (χ1v) is 13.7. The van der Waals surface area contributed by atoms with Crippen LogP contribution in [0, 0.1) is 11.7 Å². The molecule has 2 aromatic carbocycles. The molecule has 3 rings (SSSR count). The van der Waals surface area contributed by atoms with E-state index in [1.807, 2.05) is 13.8 Å². The monoisotopic (exact) mass is 519 g/mol. The van der Waals surface area contributed by atoms with E-state index in [-0.39, 0.29) is 27.8 Å². The van der Waals surface area contributed by atoms with Gasteiger partial charge in [-0.15, -0.1) is 0 Å². The summed E-state index contributed by atoms with van der Waals surface area (Å²) in [6.07, 6.45) is 2.50. The number of piperidine rings is 1. The molecule has 0 aliphatic carbocycles. The molecule has 2 aromatic rings. The van der Waals surface area contributed by atoms with Crippen LogP contribution in [-0.4, -0.2) is 63.2 Å². The Morgan fingerprint density at radius 2 is 1.69 bits per heavy atom. The summed E-state index contributed by atoms with van der Waals surface area (Å²) < 4.78 is 42.7. The second-order valence-corrected chi connectivity index (χ2v) is 11.9. The quantitative estimate of drug-likeness (QED) is 0.553. The lowest BCUT2D eigenvalue weighted by molar-refractivity contribution is -0.135. The summed E-state index contributed by atoms with van der Waals surface area (Å²) in [6, 6.07) is 9.71. The number of carbonyl (C=O) groups is 2. The number of carbonyl (C=O) groups excluding carboxylic acids is 2. The van der Waals surface area contributed by atoms with Gasteiger partial charge in [-0.1, -0.05) is 13.8 Å². The van der Waals surface area contributed by atoms with Crippen molar-refractivity contribution in [2.24, 2.45) is 5.92 Å². The van der Waals surface area contributed by atoms with Crippen LogP contribution in [0.4, 0.5) is 10.1 Å². The van der Waals surface area contributed by atoms with Crippen LogP contribution in [0.1, 0.15) is 44.0 Å². The summed E-state index contributed by atoms with van der Waals surface area (Å²) in [5.41, 5.74) is 0.339. The SMILES string of the molecule is COc1ccc(F)c(C(=O)NC(C(=O)N2CCC(C)(Nc3ccc(S(C)(=O)=O)cc3)CC2)C(C)C)c1. The minimum absolute atomic E-state index is 0.176. The fraction of sp³-hybridized carbons (Fsp3) is 0.462. The molecule has 1 fully saturated rings. The van der Waals surface area contributed by atoms with Gasteiger partial charge in [-0.2, -0.15) is 0 Å². The van der Waals surface area contributed by atoms with E-state index in [4.69, 9.17) is 4.74 Å². The van der Waals surface area contributed by atoms with Gasteiger partial charge in [-0.25, -0.2) is 12.8 Å². The molecule has 1 unspecified atom stereocenters. The van der Waals surface area contributed by atoms with Crippen molar-refractivity contribution in [1.82, 2.24) is 10.2 Å². The van der Waals surface area contributed by atoms with Crippen molar-refractivity contribution < 1.29 is 27.1 Å². The van der Waals surface area contributed by atoms with Gasteiger partial charge in [0.25, 0.3) is 5.91 Å². The van der Waals surface area contributed by atoms with Crippen LogP contribution in [0.15, 0.2) is 47.4 Å². The van der Waals surface area contributed by atoms with E-state index < -0.39 is 27.6 Å². The van der Waals surface area contributed by atoms with E-state index in [0.29, 0.717) is 31.7 Å². The summed E-state index contributed by atoms with van der Waals surface area (Å²) >= 11 is 0. The number of sulfone groups is 1. The number of ether oxygens (including phenoxy) is 1. The lowest BCUT2D eigenvalue weighted by Gasteiger charge is -2.42. The Balaban J connectivity index is 1.64. The van der Waals surface area contributed by atoms with Gasteiger partial charge >= 0.3 is 0 Å². The molecule has 1 heterocycles. The van der Waals surface area contributed by atoms with Crippen LogP contribution >= 0.6 is 0 Å². The Kier molecular flexibility index (Phi) is 8.28. The van der Waals surface area contributed by atoms with Gasteiger partial charge in [0.15, 0.2) is 9.84 Å². The molecule has 2 N–H and O–H groups in total. The zero-order valence-corrected chi connectivity index (χ0v) is 22.1. The Morgan fingerprint density at radius 1 is 1.08 bits per heavy atom. The molecule has 1 aliphatic heterocycles. The summed E-state index contributed by atoms with van der Waals surface area (Å²) in [5.74, 6) is -1.41. The highest BCUT2D eigenvalue weighted by molar-refractivity contribution is 7.90. The maximum absolute atomic E-state index is 14.3. The lowest BCUT2D eigenvalue weighted by Crippen LogP contribution is -2.56. The molecule has 0 spiro atoms. The number of likely N-dealkylation sites (tertiary alicyclic amines) is 1. The number of benzene rings is 2. The molecule has 1 saturated heterocycles. The van der Waals surface area contributed by atoms with Gasteiger partial charge < -0.3 is 20.3 Å². The number of hydrogen-bond acceptors (Lipinski definition) is 6. The van der Waals surface area contributed by atoms with Crippen LogP contribution in [0.5, 0.6) is 5.75 Å². The molecular weight excluding hydrogens is 485 g/mol. The van der Waals surface area contributed by atoms with Crippen molar-refractivity contribution in [3.63, 3.8) is 0 Å². The summed E-state index contributed by atoms with van der Waals surface area (Å²) in [5, 5.41) is 6.17. The van der Waals surface area contributed by atoms with E-state index in [9.17, 15) is 22.4 Å². The first kappa shape index (κ1) is 27.4. The van der Waals surface area contributed by atoms with Crippen molar-refractivity contribution >= 4 is 27.3 Å². The molecule has 0 radical (unpaired) electrons. The molecule has 10 heteroatoms. The molecule has 0 aromatic heterocycles. The number of methoxy groups -OCH3 is 1. The van der Waals surface area contributed by atoms with E-state index in [0.717, 1.165) is 11.8 Å². The number of amides is 2. The van der Waals surface area contributed by atoms with Gasteiger partial charge in [0, 0.05) is 30.6 Å². The van der Waals surface area contributed by atoms with Gasteiger partial charge in [0.1, 0.15) is 17.6 Å². The highest BCUT2D eigenvalue weighted by Gasteiger charge is 2.36. The van der Waals surface area contributed by atoms with E-state index in [2.05, 4.69) is 17.6 Å². The Labute approximate surface area is 212 Å². The zero-order chi connectivity index (χ0) is 26.7. The summed E-state index contributed by atoms with van der Waals surface area (Å²) in [7, 11) is -1.83. The molecule has 36 heavy (non-hydrogen) atoms. The van der Waals surface area contributed by atoms with Crippen molar-refractivity contribution in [3.8, 4) is 5.75 Å². The standard InChI is InChI=1S/C26H34FN3O5S/c1-17(2)23(28-24(31)21-16-19(35-4)8-11-22(21)27)25(32)30-14-12-26(3,13-15-30)29-18-6-9-20(10-7-18)36(5,33)34/h6-11,16-17,23,29H,12-15H2,1-5H3,(H,28,31). The van der Waals surface area contributed by atoms with Crippen LogP contribution < -0.4 is 15.4 Å². The van der Waals surface area contributed by atoms with E-state index in [1.165, 1.54) is 25.5 Å². The smallest absolute Gasteiger partial charge is 0.255 e. The van der Waals surface area contributed by atoms with Crippen LogP contribution in [0.3, 0.4) is 0 Å². The number of nitrogens with one attached hydrogen (secondary N) is 2. The second kappa shape index (κ2) is 10.9. The third kappa shape index (κ3) is 6.54. The first-order valence-electron chi connectivity index (χ1n) is 11.8. The molecule has 1 aliphatic rings. The molecule has 8 nitrogen and oxygen atoms in total. The topological polar surface area (TPSA) is 105 Å². The van der Waals surface area contributed by atoms with Gasteiger partial charge in [-0.05, 0) is 68.1 Å². The molecule has 0 saturated carbocycles. The van der Waals surface area contributed by atoms with Crippen molar-refractivity contribution in [3.05, 3.63) is 53.8 Å². The predicted molar refractivity (Wildman–Crippen MR) is 136 cm³/mol. The van der Waals surface area contributed by atoms with Crippen LogP contribution in [-0.2, 0) is 14.6 Å². The third-order valence-corrected chi connectivity index (χ3v) is 7.67. The Morgan fingerprint density at radius 3 is 2.22 bits per heavy atom. The molecule has 2 amide bonds. The van der Waals surface area contributed by atoms with Crippen LogP contribution in [0.2, 0.25) is 0 Å². The maximum atomic E-state index is 14.3. The second-order valence-electron chi connectivity index (χ2n) is 9.85. The Bertz CT molecular complexity index is 1210. The number of halogens is 1. The van der Waals surface area contributed by atoms with E-state index in [1.54, 1.807) is 29.2 Å². The highest BCUT2D eigenvalue weighted by atomic mass is 32.2. The van der Waals surface area contributed by atoms with Crippen molar-refractivity contribution in [1.29, 1.82) is 0 Å². The van der Waals surface area contributed by atoms with Crippen LogP contribution in [0.25, 0.3) is 0 Å². The summed E-state index contributed by atoms with van der Waals surface area (Å²) in [6.45, 7) is 6.69. The van der Waals surface area contributed by atoms with Crippen molar-refractivity contribution in [2.75, 3.05) is 31.8 Å². The molecule has 196 valence electrons. The fourth-order valence-corrected chi connectivity index (χ4v) is 4.84. The number of rotatable bonds is 8. The average molecular weight is 520 g/mol. The normalized spacial score (nSPS) is 16.4. The highest BCUT2D eigenvalue weighted by Crippen LogP contribution is 2.28. The van der Waals surface area contributed by atoms with Gasteiger partial charge in [-0.3, -0.25) is 9.59 Å². The Hall–Kier alpha value is -3.14. The number of hydrogen-bond donors (Lipinski definition) is 2. The molecule has 1 atom stereocenters.